The Bertz CT molecular complexity index is 434. The molecule has 1 amide bonds. The molecule has 1 aliphatic rings. The van der Waals surface area contributed by atoms with E-state index in [0.29, 0.717) is 0 Å². The Balaban J connectivity index is 2.13. The lowest BCUT2D eigenvalue weighted by Gasteiger charge is -2.25. The van der Waals surface area contributed by atoms with Crippen molar-refractivity contribution in [1.29, 1.82) is 0 Å². The molecule has 4 nitrogen and oxygen atoms in total. The topological polar surface area (TPSA) is 52.6 Å². The van der Waals surface area contributed by atoms with Gasteiger partial charge < -0.3 is 15.3 Å². The molecule has 4 heteroatoms. The first-order valence-electron chi connectivity index (χ1n) is 6.96. The van der Waals surface area contributed by atoms with Crippen LogP contribution in [0.15, 0.2) is 24.3 Å². The van der Waals surface area contributed by atoms with Crippen LogP contribution >= 0.6 is 0 Å². The highest BCUT2D eigenvalue weighted by Gasteiger charge is 2.29. The molecule has 1 aromatic carbocycles. The Kier molecular flexibility index (Phi) is 4.80. The fourth-order valence-electron chi connectivity index (χ4n) is 2.77. The van der Waals surface area contributed by atoms with Crippen LogP contribution in [0.5, 0.6) is 0 Å². The number of likely N-dealkylation sites (tertiary alicyclic amines) is 1. The predicted molar refractivity (Wildman–Crippen MR) is 76.4 cm³/mol. The minimum Gasteiger partial charge on any atom is -0.396 e. The third kappa shape index (κ3) is 3.07. The number of aliphatic hydroxyl groups excluding tert-OH is 1. The monoisotopic (exact) mass is 262 g/mol. The van der Waals surface area contributed by atoms with E-state index < -0.39 is 0 Å². The quantitative estimate of drug-likeness (QED) is 0.854. The molecule has 0 aromatic heterocycles. The second-order valence-electron chi connectivity index (χ2n) is 4.96. The highest BCUT2D eigenvalue weighted by atomic mass is 16.3. The smallest absolute Gasteiger partial charge is 0.256 e. The second-order valence-corrected chi connectivity index (χ2v) is 4.96. The van der Waals surface area contributed by atoms with E-state index in [2.05, 4.69) is 5.32 Å². The lowest BCUT2D eigenvalue weighted by molar-refractivity contribution is 0.0725. The fourth-order valence-corrected chi connectivity index (χ4v) is 2.77. The van der Waals surface area contributed by atoms with Gasteiger partial charge in [-0.25, -0.2) is 0 Å². The molecule has 0 spiro atoms. The van der Waals surface area contributed by atoms with Crippen LogP contribution in [-0.2, 0) is 0 Å². The molecule has 0 aliphatic carbocycles. The number of carbonyl (C=O) groups excluding carboxylic acids is 1. The first kappa shape index (κ1) is 13.9. The van der Waals surface area contributed by atoms with Gasteiger partial charge in [-0.15, -0.1) is 0 Å². The molecule has 2 N–H and O–H groups in total. The SMILES string of the molecule is CNc1ccccc1C(=O)N1CCCC1CCCO. The normalized spacial score (nSPS) is 18.6. The molecule has 1 aliphatic heterocycles. The summed E-state index contributed by atoms with van der Waals surface area (Å²) in [6.45, 7) is 1.03. The number of benzene rings is 1. The number of hydrogen-bond donors (Lipinski definition) is 2. The Morgan fingerprint density at radius 2 is 2.26 bits per heavy atom. The Morgan fingerprint density at radius 1 is 1.47 bits per heavy atom. The number of rotatable bonds is 5. The van der Waals surface area contributed by atoms with Crippen molar-refractivity contribution >= 4 is 11.6 Å². The van der Waals surface area contributed by atoms with Crippen LogP contribution in [-0.4, -0.2) is 42.2 Å². The molecule has 0 radical (unpaired) electrons. The van der Waals surface area contributed by atoms with Crippen LogP contribution in [0.2, 0.25) is 0 Å². The van der Waals surface area contributed by atoms with Crippen molar-refractivity contribution in [1.82, 2.24) is 4.90 Å². The van der Waals surface area contributed by atoms with Gasteiger partial charge in [0.25, 0.3) is 5.91 Å². The average Bonchev–Trinajstić information content (AvgIpc) is 2.92. The van der Waals surface area contributed by atoms with Crippen molar-refractivity contribution in [3.8, 4) is 0 Å². The van der Waals surface area contributed by atoms with Crippen molar-refractivity contribution in [3.05, 3.63) is 29.8 Å². The van der Waals surface area contributed by atoms with Crippen molar-refractivity contribution in [2.75, 3.05) is 25.5 Å². The molecule has 1 saturated heterocycles. The first-order chi connectivity index (χ1) is 9.27. The summed E-state index contributed by atoms with van der Waals surface area (Å²) in [5.41, 5.74) is 1.61. The van der Waals surface area contributed by atoms with Crippen LogP contribution in [0.3, 0.4) is 0 Å². The number of aliphatic hydroxyl groups is 1. The molecule has 1 aromatic rings. The molecule has 1 atom stereocenters. The van der Waals surface area contributed by atoms with Gasteiger partial charge in [-0.2, -0.15) is 0 Å². The number of carbonyl (C=O) groups is 1. The van der Waals surface area contributed by atoms with Gasteiger partial charge in [0.05, 0.1) is 5.56 Å². The van der Waals surface area contributed by atoms with Crippen molar-refractivity contribution in [2.45, 2.75) is 31.7 Å². The summed E-state index contributed by atoms with van der Waals surface area (Å²) in [5, 5.41) is 12.0. The van der Waals surface area contributed by atoms with Gasteiger partial charge in [-0.05, 0) is 37.8 Å². The predicted octanol–water partition coefficient (Wildman–Crippen LogP) is 2.11. The van der Waals surface area contributed by atoms with Gasteiger partial charge in [-0.1, -0.05) is 12.1 Å². The molecular weight excluding hydrogens is 240 g/mol. The summed E-state index contributed by atoms with van der Waals surface area (Å²) in [6.07, 6.45) is 3.77. The van der Waals surface area contributed by atoms with E-state index in [1.807, 2.05) is 36.2 Å². The molecule has 1 unspecified atom stereocenters. The maximum absolute atomic E-state index is 12.6. The van der Waals surface area contributed by atoms with Crippen LogP contribution < -0.4 is 5.32 Å². The maximum Gasteiger partial charge on any atom is 0.256 e. The van der Waals surface area contributed by atoms with Gasteiger partial charge in [-0.3, -0.25) is 4.79 Å². The summed E-state index contributed by atoms with van der Waals surface area (Å²) in [6, 6.07) is 7.90. The van der Waals surface area contributed by atoms with Gasteiger partial charge in [0, 0.05) is 31.9 Å². The van der Waals surface area contributed by atoms with Crippen molar-refractivity contribution in [3.63, 3.8) is 0 Å². The van der Waals surface area contributed by atoms with Crippen molar-refractivity contribution < 1.29 is 9.90 Å². The van der Waals surface area contributed by atoms with Crippen LogP contribution in [0.4, 0.5) is 5.69 Å². The van der Waals surface area contributed by atoms with Crippen LogP contribution in [0.25, 0.3) is 0 Å². The standard InChI is InChI=1S/C15H22N2O2/c1-16-14-9-3-2-8-13(14)15(19)17-10-4-6-12(17)7-5-11-18/h2-3,8-9,12,16,18H,4-7,10-11H2,1H3. The first-order valence-corrected chi connectivity index (χ1v) is 6.96. The summed E-state index contributed by atoms with van der Waals surface area (Å²) >= 11 is 0. The zero-order valence-corrected chi connectivity index (χ0v) is 11.4. The molecule has 2 rings (SSSR count). The summed E-state index contributed by atoms with van der Waals surface area (Å²) in [4.78, 5) is 14.6. The van der Waals surface area contributed by atoms with E-state index in [1.165, 1.54) is 0 Å². The molecule has 0 saturated carbocycles. The van der Waals surface area contributed by atoms with Crippen molar-refractivity contribution in [2.24, 2.45) is 0 Å². The minimum absolute atomic E-state index is 0.102. The number of nitrogens with zero attached hydrogens (tertiary/aromatic N) is 1. The average molecular weight is 262 g/mol. The van der Waals surface area contributed by atoms with E-state index in [4.69, 9.17) is 5.11 Å². The zero-order chi connectivity index (χ0) is 13.7. The van der Waals surface area contributed by atoms with Gasteiger partial charge in [0.2, 0.25) is 0 Å². The fraction of sp³-hybridized carbons (Fsp3) is 0.533. The third-order valence-electron chi connectivity index (χ3n) is 3.76. The van der Waals surface area contributed by atoms with Gasteiger partial charge >= 0.3 is 0 Å². The maximum atomic E-state index is 12.6. The molecule has 0 bridgehead atoms. The van der Waals surface area contributed by atoms with Gasteiger partial charge in [0.1, 0.15) is 0 Å². The molecule has 1 fully saturated rings. The summed E-state index contributed by atoms with van der Waals surface area (Å²) in [7, 11) is 1.83. The number of nitrogens with one attached hydrogen (secondary N) is 1. The highest BCUT2D eigenvalue weighted by molar-refractivity contribution is 5.99. The molecular formula is C15H22N2O2. The number of para-hydroxylation sites is 1. The number of amides is 1. The molecule has 104 valence electrons. The second kappa shape index (κ2) is 6.57. The minimum atomic E-state index is 0.102. The Labute approximate surface area is 114 Å². The van der Waals surface area contributed by atoms with Crippen LogP contribution in [0.1, 0.15) is 36.0 Å². The molecule has 1 heterocycles. The summed E-state index contributed by atoms with van der Waals surface area (Å²) < 4.78 is 0. The Morgan fingerprint density at radius 3 is 3.00 bits per heavy atom. The van der Waals surface area contributed by atoms with E-state index in [1.54, 1.807) is 0 Å². The summed E-state index contributed by atoms with van der Waals surface area (Å²) in [5.74, 6) is 0.102. The van der Waals surface area contributed by atoms with E-state index in [0.717, 1.165) is 43.5 Å². The number of anilines is 1. The van der Waals surface area contributed by atoms with E-state index in [-0.39, 0.29) is 18.6 Å². The zero-order valence-electron chi connectivity index (χ0n) is 11.4. The highest BCUT2D eigenvalue weighted by Crippen LogP contribution is 2.25. The largest absolute Gasteiger partial charge is 0.396 e. The van der Waals surface area contributed by atoms with E-state index in [9.17, 15) is 4.79 Å². The van der Waals surface area contributed by atoms with Gasteiger partial charge in [0.15, 0.2) is 0 Å². The number of hydrogen-bond acceptors (Lipinski definition) is 3. The Hall–Kier alpha value is -1.55. The lowest BCUT2D eigenvalue weighted by atomic mass is 10.1. The van der Waals surface area contributed by atoms with E-state index >= 15 is 0 Å². The van der Waals surface area contributed by atoms with Crippen LogP contribution in [0, 0.1) is 0 Å². The molecule has 19 heavy (non-hydrogen) atoms. The lowest BCUT2D eigenvalue weighted by Crippen LogP contribution is -2.36. The third-order valence-corrected chi connectivity index (χ3v) is 3.76.